The van der Waals surface area contributed by atoms with Crippen LogP contribution < -0.4 is 0 Å². The van der Waals surface area contributed by atoms with Crippen molar-refractivity contribution in [2.24, 2.45) is 0 Å². The summed E-state index contributed by atoms with van der Waals surface area (Å²) in [6.07, 6.45) is 0. The molecule has 2 aromatic heterocycles. The Morgan fingerprint density at radius 2 is 2.23 bits per heavy atom. The monoisotopic (exact) mass is 251 g/mol. The highest BCUT2D eigenvalue weighted by Gasteiger charge is 2.03. The topological polar surface area (TPSA) is 12.9 Å². The quantitative estimate of drug-likeness (QED) is 0.735. The molecular formula is C8H7Cl2NS2. The Kier molecular flexibility index (Phi) is 4.19. The molecule has 13 heavy (non-hydrogen) atoms. The van der Waals surface area contributed by atoms with E-state index < -0.39 is 0 Å². The molecule has 0 N–H and O–H groups in total. The van der Waals surface area contributed by atoms with Gasteiger partial charge in [-0.15, -0.1) is 46.7 Å². The van der Waals surface area contributed by atoms with Crippen molar-refractivity contribution in [3.05, 3.63) is 28.6 Å². The van der Waals surface area contributed by atoms with E-state index in [2.05, 4.69) is 16.4 Å². The van der Waals surface area contributed by atoms with Crippen LogP contribution in [0, 0.1) is 0 Å². The second-order valence-electron chi connectivity index (χ2n) is 2.25. The molecule has 2 aromatic rings. The molecule has 2 heterocycles. The van der Waals surface area contributed by atoms with Gasteiger partial charge in [-0.3, -0.25) is 0 Å². The maximum Gasteiger partial charge on any atom is 0.133 e. The number of hydrogen-bond donors (Lipinski definition) is 0. The van der Waals surface area contributed by atoms with Gasteiger partial charge in [-0.25, -0.2) is 4.98 Å². The Morgan fingerprint density at radius 1 is 1.38 bits per heavy atom. The molecule has 0 atom stereocenters. The lowest BCUT2D eigenvalue weighted by Gasteiger charge is -1.85. The van der Waals surface area contributed by atoms with E-state index in [-0.39, 0.29) is 12.4 Å². The van der Waals surface area contributed by atoms with E-state index in [4.69, 9.17) is 11.6 Å². The summed E-state index contributed by atoms with van der Waals surface area (Å²) in [5.41, 5.74) is 0.963. The van der Waals surface area contributed by atoms with Crippen molar-refractivity contribution in [1.29, 1.82) is 0 Å². The van der Waals surface area contributed by atoms with Crippen molar-refractivity contribution in [3.63, 3.8) is 0 Å². The van der Waals surface area contributed by atoms with Crippen molar-refractivity contribution in [1.82, 2.24) is 4.98 Å². The van der Waals surface area contributed by atoms with Gasteiger partial charge >= 0.3 is 0 Å². The first kappa shape index (κ1) is 11.0. The number of halogens is 2. The van der Waals surface area contributed by atoms with Gasteiger partial charge in [-0.2, -0.15) is 0 Å². The lowest BCUT2D eigenvalue weighted by molar-refractivity contribution is 1.23. The van der Waals surface area contributed by atoms with Crippen LogP contribution in [0.5, 0.6) is 0 Å². The smallest absolute Gasteiger partial charge is 0.133 e. The van der Waals surface area contributed by atoms with E-state index in [0.29, 0.717) is 5.88 Å². The second kappa shape index (κ2) is 4.96. The third-order valence-corrected chi connectivity index (χ3v) is 3.62. The van der Waals surface area contributed by atoms with E-state index in [1.165, 1.54) is 4.88 Å². The average Bonchev–Trinajstić information content (AvgIpc) is 2.75. The van der Waals surface area contributed by atoms with E-state index in [0.717, 1.165) is 10.7 Å². The fourth-order valence-corrected chi connectivity index (χ4v) is 2.74. The number of hydrogen-bond acceptors (Lipinski definition) is 3. The van der Waals surface area contributed by atoms with Crippen LogP contribution in [0.1, 0.15) is 5.69 Å². The molecule has 0 bridgehead atoms. The van der Waals surface area contributed by atoms with Crippen LogP contribution in [0.3, 0.4) is 0 Å². The molecule has 1 nitrogen and oxygen atoms in total. The van der Waals surface area contributed by atoms with Gasteiger partial charge in [0, 0.05) is 5.38 Å². The van der Waals surface area contributed by atoms with Crippen LogP contribution in [0.15, 0.2) is 22.9 Å². The highest BCUT2D eigenvalue weighted by atomic mass is 35.5. The van der Waals surface area contributed by atoms with Crippen LogP contribution in [0.4, 0.5) is 0 Å². The van der Waals surface area contributed by atoms with E-state index in [1.54, 1.807) is 22.7 Å². The van der Waals surface area contributed by atoms with Gasteiger partial charge in [-0.1, -0.05) is 6.07 Å². The molecule has 0 aromatic carbocycles. The summed E-state index contributed by atoms with van der Waals surface area (Å²) in [7, 11) is 0. The zero-order chi connectivity index (χ0) is 8.39. The normalized spacial score (nSPS) is 9.62. The molecule has 5 heteroatoms. The number of nitrogens with zero attached hydrogens (tertiary/aromatic N) is 1. The third kappa shape index (κ3) is 2.44. The molecule has 0 radical (unpaired) electrons. The summed E-state index contributed by atoms with van der Waals surface area (Å²) in [6, 6.07) is 4.10. The minimum atomic E-state index is 0. The van der Waals surface area contributed by atoms with Crippen LogP contribution in [-0.2, 0) is 5.88 Å². The Morgan fingerprint density at radius 3 is 2.77 bits per heavy atom. The van der Waals surface area contributed by atoms with Gasteiger partial charge in [-0.05, 0) is 11.4 Å². The zero-order valence-corrected chi connectivity index (χ0v) is 9.77. The first-order valence-corrected chi connectivity index (χ1v) is 5.74. The summed E-state index contributed by atoms with van der Waals surface area (Å²) in [5.74, 6) is 0.502. The van der Waals surface area contributed by atoms with Crippen molar-refractivity contribution in [3.8, 4) is 9.88 Å². The first-order chi connectivity index (χ1) is 5.90. The minimum Gasteiger partial charge on any atom is -0.239 e. The Labute approximate surface area is 95.8 Å². The number of alkyl halides is 1. The van der Waals surface area contributed by atoms with Gasteiger partial charge in [0.1, 0.15) is 5.01 Å². The molecule has 0 unspecified atom stereocenters. The van der Waals surface area contributed by atoms with Gasteiger partial charge in [0.05, 0.1) is 16.5 Å². The molecule has 0 amide bonds. The van der Waals surface area contributed by atoms with Crippen LogP contribution in [-0.4, -0.2) is 4.98 Å². The van der Waals surface area contributed by atoms with Crippen molar-refractivity contribution in [2.45, 2.75) is 5.88 Å². The van der Waals surface area contributed by atoms with Gasteiger partial charge in [0.2, 0.25) is 0 Å². The molecule has 0 saturated heterocycles. The summed E-state index contributed by atoms with van der Waals surface area (Å²) in [6.45, 7) is 0. The molecular weight excluding hydrogens is 245 g/mol. The maximum absolute atomic E-state index is 5.65. The lowest BCUT2D eigenvalue weighted by atomic mass is 10.5. The summed E-state index contributed by atoms with van der Waals surface area (Å²) in [5, 5.41) is 5.12. The molecule has 0 fully saturated rings. The predicted octanol–water partition coefficient (Wildman–Crippen LogP) is 4.03. The summed E-state index contributed by atoms with van der Waals surface area (Å²) >= 11 is 9.00. The van der Waals surface area contributed by atoms with Crippen LogP contribution in [0.2, 0.25) is 0 Å². The van der Waals surface area contributed by atoms with E-state index in [1.807, 2.05) is 11.4 Å². The second-order valence-corrected chi connectivity index (χ2v) is 4.33. The Balaban J connectivity index is 0.000000845. The maximum atomic E-state index is 5.65. The molecule has 0 aliphatic carbocycles. The van der Waals surface area contributed by atoms with E-state index in [9.17, 15) is 0 Å². The summed E-state index contributed by atoms with van der Waals surface area (Å²) < 4.78 is 0. The highest BCUT2D eigenvalue weighted by Crippen LogP contribution is 2.27. The van der Waals surface area contributed by atoms with Gasteiger partial charge in [0.25, 0.3) is 0 Å². The molecule has 0 aliphatic rings. The van der Waals surface area contributed by atoms with Gasteiger partial charge in [0.15, 0.2) is 0 Å². The van der Waals surface area contributed by atoms with Crippen molar-refractivity contribution >= 4 is 46.7 Å². The van der Waals surface area contributed by atoms with Gasteiger partial charge < -0.3 is 0 Å². The zero-order valence-electron chi connectivity index (χ0n) is 6.57. The van der Waals surface area contributed by atoms with E-state index >= 15 is 0 Å². The predicted molar refractivity (Wildman–Crippen MR) is 62.2 cm³/mol. The molecule has 0 spiro atoms. The van der Waals surface area contributed by atoms with Crippen molar-refractivity contribution < 1.29 is 0 Å². The first-order valence-electron chi connectivity index (χ1n) is 3.44. The Hall–Kier alpha value is -0.0900. The average molecular weight is 252 g/mol. The standard InChI is InChI=1S/C8H6ClNS2.ClH/c9-4-6-5-12-8(10-6)7-2-1-3-11-7;/h1-3,5H,4H2;1H. The number of thiophene rings is 1. The fraction of sp³-hybridized carbons (Fsp3) is 0.125. The lowest BCUT2D eigenvalue weighted by Crippen LogP contribution is -1.75. The number of aromatic nitrogens is 1. The minimum absolute atomic E-state index is 0. The number of thiazole rings is 1. The van der Waals surface area contributed by atoms with Crippen molar-refractivity contribution in [2.75, 3.05) is 0 Å². The Bertz CT molecular complexity index is 356. The molecule has 0 aliphatic heterocycles. The summed E-state index contributed by atoms with van der Waals surface area (Å²) in [4.78, 5) is 5.59. The largest absolute Gasteiger partial charge is 0.239 e. The SMILES string of the molecule is Cl.ClCc1csc(-c2cccs2)n1. The molecule has 70 valence electrons. The molecule has 0 saturated carbocycles. The fourth-order valence-electron chi connectivity index (χ4n) is 0.882. The van der Waals surface area contributed by atoms with Crippen LogP contribution >= 0.6 is 46.7 Å². The number of rotatable bonds is 2. The van der Waals surface area contributed by atoms with Crippen LogP contribution in [0.25, 0.3) is 9.88 Å². The molecule has 2 rings (SSSR count). The third-order valence-electron chi connectivity index (χ3n) is 1.42. The highest BCUT2D eigenvalue weighted by molar-refractivity contribution is 7.20.